The predicted octanol–water partition coefficient (Wildman–Crippen LogP) is 7.89. The average Bonchev–Trinajstić information content (AvgIpc) is 2.83. The molecule has 13 heteroatoms. The fraction of sp³-hybridized carbons (Fsp3) is 0.208. The van der Waals surface area contributed by atoms with Crippen molar-refractivity contribution in [3.63, 3.8) is 0 Å². The predicted molar refractivity (Wildman–Crippen MR) is 128 cm³/mol. The number of carbonyl (C=O) groups excluding carboxylic acids is 1. The SMILES string of the molecule is CN(CC(=O)c1ccc(/C(F)=C/C(c2ccc(Br)c(Cl)c2)C(F)(F)F)cc1C(F)(F)F)c1ncccn1. The van der Waals surface area contributed by atoms with E-state index in [0.717, 1.165) is 24.3 Å². The third-order valence-corrected chi connectivity index (χ3v) is 6.38. The summed E-state index contributed by atoms with van der Waals surface area (Å²) in [6.45, 7) is -0.536. The number of anilines is 1. The number of ketones is 1. The van der Waals surface area contributed by atoms with Crippen molar-refractivity contribution >= 4 is 45.1 Å². The van der Waals surface area contributed by atoms with Gasteiger partial charge in [0.2, 0.25) is 5.95 Å². The maximum atomic E-state index is 15.0. The molecule has 0 saturated carbocycles. The molecule has 37 heavy (non-hydrogen) atoms. The third-order valence-electron chi connectivity index (χ3n) is 5.14. The largest absolute Gasteiger partial charge is 0.417 e. The summed E-state index contributed by atoms with van der Waals surface area (Å²) in [4.78, 5) is 21.7. The number of hydrogen-bond donors (Lipinski definition) is 0. The lowest BCUT2D eigenvalue weighted by atomic mass is 9.95. The fourth-order valence-electron chi connectivity index (χ4n) is 3.36. The van der Waals surface area contributed by atoms with Gasteiger partial charge in [0.1, 0.15) is 11.7 Å². The maximum absolute atomic E-state index is 15.0. The summed E-state index contributed by atoms with van der Waals surface area (Å²) in [6, 6.07) is 6.64. The first-order valence-corrected chi connectivity index (χ1v) is 11.5. The lowest BCUT2D eigenvalue weighted by molar-refractivity contribution is -0.140. The molecule has 3 aromatic rings. The number of allylic oxidation sites excluding steroid dienone is 1. The summed E-state index contributed by atoms with van der Waals surface area (Å²) in [5, 5.41) is -0.0614. The Balaban J connectivity index is 1.99. The van der Waals surface area contributed by atoms with Gasteiger partial charge >= 0.3 is 12.4 Å². The molecule has 0 aliphatic rings. The topological polar surface area (TPSA) is 46.1 Å². The van der Waals surface area contributed by atoms with E-state index in [1.807, 2.05) is 0 Å². The van der Waals surface area contributed by atoms with Crippen molar-refractivity contribution in [3.8, 4) is 0 Å². The van der Waals surface area contributed by atoms with Crippen molar-refractivity contribution < 1.29 is 35.5 Å². The quantitative estimate of drug-likeness (QED) is 0.202. The summed E-state index contributed by atoms with van der Waals surface area (Å²) >= 11 is 8.90. The minimum absolute atomic E-state index is 0.0614. The van der Waals surface area contributed by atoms with Gasteiger partial charge in [-0.05, 0) is 51.8 Å². The highest BCUT2D eigenvalue weighted by molar-refractivity contribution is 9.10. The van der Waals surface area contributed by atoms with Gasteiger partial charge in [0.15, 0.2) is 5.78 Å². The second-order valence-corrected chi connectivity index (χ2v) is 9.06. The van der Waals surface area contributed by atoms with E-state index in [2.05, 4.69) is 25.9 Å². The highest BCUT2D eigenvalue weighted by Gasteiger charge is 2.40. The first kappa shape index (κ1) is 28.6. The molecule has 0 radical (unpaired) electrons. The Labute approximate surface area is 219 Å². The van der Waals surface area contributed by atoms with Gasteiger partial charge in [-0.25, -0.2) is 14.4 Å². The van der Waals surface area contributed by atoms with Crippen molar-refractivity contribution in [2.45, 2.75) is 18.3 Å². The Morgan fingerprint density at radius 1 is 1.08 bits per heavy atom. The van der Waals surface area contributed by atoms with Gasteiger partial charge in [0.25, 0.3) is 0 Å². The molecule has 0 saturated heterocycles. The molecule has 1 atom stereocenters. The van der Waals surface area contributed by atoms with Crippen molar-refractivity contribution in [1.29, 1.82) is 0 Å². The highest BCUT2D eigenvalue weighted by Crippen LogP contribution is 2.41. The molecule has 0 fully saturated rings. The number of hydrogen-bond acceptors (Lipinski definition) is 4. The van der Waals surface area contributed by atoms with Gasteiger partial charge in [0.05, 0.1) is 17.1 Å². The van der Waals surface area contributed by atoms with E-state index in [-0.39, 0.29) is 17.0 Å². The molecule has 3 rings (SSSR count). The van der Waals surface area contributed by atoms with Crippen LogP contribution in [0.15, 0.2) is 65.4 Å². The number of aromatic nitrogens is 2. The smallest absolute Gasteiger partial charge is 0.336 e. The Morgan fingerprint density at radius 2 is 1.73 bits per heavy atom. The van der Waals surface area contributed by atoms with Gasteiger partial charge in [-0.3, -0.25) is 4.79 Å². The molecule has 0 N–H and O–H groups in total. The zero-order chi connectivity index (χ0) is 27.5. The highest BCUT2D eigenvalue weighted by atomic mass is 79.9. The van der Waals surface area contributed by atoms with Crippen LogP contribution in [0, 0.1) is 0 Å². The zero-order valence-electron chi connectivity index (χ0n) is 18.7. The number of benzene rings is 2. The van der Waals surface area contributed by atoms with Crippen LogP contribution in [-0.2, 0) is 6.18 Å². The van der Waals surface area contributed by atoms with Gasteiger partial charge in [-0.1, -0.05) is 29.8 Å². The first-order valence-electron chi connectivity index (χ1n) is 10.3. The Morgan fingerprint density at radius 3 is 2.30 bits per heavy atom. The van der Waals surface area contributed by atoms with E-state index < -0.39 is 58.7 Å². The van der Waals surface area contributed by atoms with E-state index in [0.29, 0.717) is 10.5 Å². The zero-order valence-corrected chi connectivity index (χ0v) is 21.1. The molecule has 1 unspecified atom stereocenters. The Kier molecular flexibility index (Phi) is 8.63. The molecule has 0 amide bonds. The van der Waals surface area contributed by atoms with Gasteiger partial charge < -0.3 is 4.90 Å². The van der Waals surface area contributed by atoms with E-state index in [9.17, 15) is 35.5 Å². The number of nitrogens with zero attached hydrogens (tertiary/aromatic N) is 3. The molecule has 196 valence electrons. The summed E-state index contributed by atoms with van der Waals surface area (Å²) in [6.07, 6.45) is -7.14. The summed E-state index contributed by atoms with van der Waals surface area (Å²) in [7, 11) is 1.39. The van der Waals surface area contributed by atoms with Crippen LogP contribution in [0.2, 0.25) is 5.02 Å². The molecule has 1 aromatic heterocycles. The molecule has 0 spiro atoms. The minimum Gasteiger partial charge on any atom is -0.336 e. The van der Waals surface area contributed by atoms with Crippen LogP contribution < -0.4 is 4.90 Å². The van der Waals surface area contributed by atoms with Crippen LogP contribution in [0.1, 0.15) is 33.0 Å². The lowest BCUT2D eigenvalue weighted by Crippen LogP contribution is -2.28. The Bertz CT molecular complexity index is 1310. The minimum atomic E-state index is -5.09. The standard InChI is InChI=1S/C24H16BrClF7N3O/c1-36(22-34-7-2-8-35-22)12-21(37)15-5-3-14(9-17(15)24(31,32)33)20(27)11-16(23(28,29)30)13-4-6-18(25)19(26)10-13/h2-11,16H,12H2,1H3/b20-11-. The average molecular weight is 611 g/mol. The summed E-state index contributed by atoms with van der Waals surface area (Å²) in [5.41, 5.74) is -3.46. The first-order chi connectivity index (χ1) is 17.2. The van der Waals surface area contributed by atoms with Crippen LogP contribution in [-0.4, -0.2) is 35.5 Å². The molecule has 0 aliphatic heterocycles. The number of likely N-dealkylation sites (N-methyl/N-ethyl adjacent to an activating group) is 1. The monoisotopic (exact) mass is 609 g/mol. The van der Waals surface area contributed by atoms with Crippen molar-refractivity contribution in [3.05, 3.63) is 92.7 Å². The van der Waals surface area contributed by atoms with Crippen molar-refractivity contribution in [2.75, 3.05) is 18.5 Å². The van der Waals surface area contributed by atoms with E-state index in [1.54, 1.807) is 0 Å². The second-order valence-electron chi connectivity index (χ2n) is 7.79. The molecular weight excluding hydrogens is 595 g/mol. The molecule has 2 aromatic carbocycles. The number of alkyl halides is 6. The molecule has 4 nitrogen and oxygen atoms in total. The normalized spacial score (nSPS) is 13.4. The second kappa shape index (κ2) is 11.2. The van der Waals surface area contributed by atoms with Crippen LogP contribution in [0.3, 0.4) is 0 Å². The van der Waals surface area contributed by atoms with Crippen LogP contribution in [0.5, 0.6) is 0 Å². The van der Waals surface area contributed by atoms with Crippen molar-refractivity contribution in [1.82, 2.24) is 9.97 Å². The van der Waals surface area contributed by atoms with Gasteiger partial charge in [-0.2, -0.15) is 26.3 Å². The van der Waals surface area contributed by atoms with E-state index >= 15 is 0 Å². The molecule has 0 bridgehead atoms. The maximum Gasteiger partial charge on any atom is 0.417 e. The van der Waals surface area contributed by atoms with Crippen molar-refractivity contribution in [2.24, 2.45) is 0 Å². The molecule has 0 aliphatic carbocycles. The molecule has 1 heterocycles. The summed E-state index contributed by atoms with van der Waals surface area (Å²) in [5.74, 6) is -4.94. The lowest BCUT2D eigenvalue weighted by Gasteiger charge is -2.19. The number of rotatable bonds is 7. The van der Waals surface area contributed by atoms with Gasteiger partial charge in [0, 0.05) is 35.0 Å². The Hall–Kier alpha value is -2.99. The number of carbonyl (C=O) groups is 1. The number of halogens is 9. The van der Waals surface area contributed by atoms with Crippen LogP contribution in [0.25, 0.3) is 5.83 Å². The van der Waals surface area contributed by atoms with E-state index in [4.69, 9.17) is 11.6 Å². The van der Waals surface area contributed by atoms with Crippen LogP contribution in [0.4, 0.5) is 36.7 Å². The number of Topliss-reactive ketones (excluding diaryl/α,β-unsaturated/α-hetero) is 1. The fourth-order valence-corrected chi connectivity index (χ4v) is 3.79. The third kappa shape index (κ3) is 7.07. The molecular formula is C24H16BrClF7N3O. The summed E-state index contributed by atoms with van der Waals surface area (Å²) < 4.78 is 97.7. The van der Waals surface area contributed by atoms with Gasteiger partial charge in [-0.15, -0.1) is 0 Å². The van der Waals surface area contributed by atoms with E-state index in [1.165, 1.54) is 36.5 Å². The van der Waals surface area contributed by atoms with Crippen LogP contribution >= 0.6 is 27.5 Å².